The molecule has 3 aromatic rings. The van der Waals surface area contributed by atoms with E-state index in [9.17, 15) is 0 Å². The van der Waals surface area contributed by atoms with Crippen molar-refractivity contribution in [1.29, 1.82) is 0 Å². The van der Waals surface area contributed by atoms with Gasteiger partial charge in [-0.1, -0.05) is 11.3 Å². The number of aliphatic hydroxyl groups is 1. The number of thiazole rings is 1. The van der Waals surface area contributed by atoms with Crippen LogP contribution in [0.2, 0.25) is 0 Å². The molecule has 0 amide bonds. The summed E-state index contributed by atoms with van der Waals surface area (Å²) in [4.78, 5) is 10.1. The van der Waals surface area contributed by atoms with Gasteiger partial charge in [-0.2, -0.15) is 0 Å². The number of aryl methyl sites for hydroxylation is 2. The van der Waals surface area contributed by atoms with Gasteiger partial charge in [-0.15, -0.1) is 0 Å². The number of imidazole rings is 2. The Bertz CT molecular complexity index is 711. The lowest BCUT2D eigenvalue weighted by molar-refractivity contribution is -0.689. The molecule has 0 fully saturated rings. The third-order valence-electron chi connectivity index (χ3n) is 3.05. The van der Waals surface area contributed by atoms with Crippen LogP contribution in [0.15, 0.2) is 18.7 Å². The average molecular weight is 278 g/mol. The lowest BCUT2D eigenvalue weighted by atomic mass is 10.6. The molecule has 0 aromatic carbocycles. The SMILES string of the molecule is Cc1nc2nc(C[n+]3ccn(CCO)c3)n(C)c2s1. The van der Waals surface area contributed by atoms with Crippen molar-refractivity contribution in [1.82, 2.24) is 19.1 Å². The van der Waals surface area contributed by atoms with Crippen molar-refractivity contribution in [3.05, 3.63) is 29.6 Å². The number of hydrogen-bond acceptors (Lipinski definition) is 4. The minimum Gasteiger partial charge on any atom is -0.392 e. The van der Waals surface area contributed by atoms with Gasteiger partial charge >= 0.3 is 0 Å². The molecular weight excluding hydrogens is 262 g/mol. The van der Waals surface area contributed by atoms with Gasteiger partial charge < -0.3 is 9.67 Å². The maximum Gasteiger partial charge on any atom is 0.244 e. The molecule has 0 aliphatic rings. The summed E-state index contributed by atoms with van der Waals surface area (Å²) in [6, 6.07) is 0. The van der Waals surface area contributed by atoms with Crippen molar-refractivity contribution in [2.75, 3.05) is 6.61 Å². The first-order valence-electron chi connectivity index (χ1n) is 6.12. The zero-order valence-electron chi connectivity index (χ0n) is 10.9. The van der Waals surface area contributed by atoms with E-state index in [1.807, 2.05) is 41.8 Å². The van der Waals surface area contributed by atoms with E-state index in [0.29, 0.717) is 13.1 Å². The monoisotopic (exact) mass is 278 g/mol. The highest BCUT2D eigenvalue weighted by Gasteiger charge is 2.14. The Morgan fingerprint density at radius 3 is 3.00 bits per heavy atom. The van der Waals surface area contributed by atoms with Crippen molar-refractivity contribution >= 4 is 21.8 Å². The second-order valence-electron chi connectivity index (χ2n) is 4.50. The molecule has 3 heterocycles. The summed E-state index contributed by atoms with van der Waals surface area (Å²) >= 11 is 1.67. The van der Waals surface area contributed by atoms with Crippen LogP contribution < -0.4 is 4.57 Å². The molecule has 0 atom stereocenters. The Hall–Kier alpha value is -1.73. The number of aliphatic hydroxyl groups excluding tert-OH is 1. The van der Waals surface area contributed by atoms with Crippen LogP contribution in [0.1, 0.15) is 10.8 Å². The van der Waals surface area contributed by atoms with Crippen molar-refractivity contribution < 1.29 is 9.67 Å². The molecule has 3 rings (SSSR count). The maximum atomic E-state index is 8.90. The summed E-state index contributed by atoms with van der Waals surface area (Å²) < 4.78 is 6.10. The summed E-state index contributed by atoms with van der Waals surface area (Å²) in [6.07, 6.45) is 5.90. The van der Waals surface area contributed by atoms with Gasteiger partial charge in [-0.3, -0.25) is 0 Å². The molecule has 0 spiro atoms. The fourth-order valence-electron chi connectivity index (χ4n) is 2.10. The second kappa shape index (κ2) is 4.75. The highest BCUT2D eigenvalue weighted by Crippen LogP contribution is 2.21. The molecule has 3 aromatic heterocycles. The first-order chi connectivity index (χ1) is 9.17. The van der Waals surface area contributed by atoms with Crippen LogP contribution >= 0.6 is 11.3 Å². The van der Waals surface area contributed by atoms with Crippen molar-refractivity contribution in [3.63, 3.8) is 0 Å². The van der Waals surface area contributed by atoms with Gasteiger partial charge in [-0.05, 0) is 6.92 Å². The van der Waals surface area contributed by atoms with Gasteiger partial charge in [0, 0.05) is 7.05 Å². The molecule has 1 N–H and O–H groups in total. The molecule has 0 aliphatic heterocycles. The van der Waals surface area contributed by atoms with E-state index < -0.39 is 0 Å². The summed E-state index contributed by atoms with van der Waals surface area (Å²) in [7, 11) is 2.02. The van der Waals surface area contributed by atoms with E-state index in [-0.39, 0.29) is 6.61 Å². The van der Waals surface area contributed by atoms with E-state index in [4.69, 9.17) is 5.11 Å². The van der Waals surface area contributed by atoms with Crippen LogP contribution in [-0.4, -0.2) is 30.8 Å². The average Bonchev–Trinajstić information content (AvgIpc) is 3.01. The zero-order chi connectivity index (χ0) is 13.4. The molecule has 0 radical (unpaired) electrons. The Morgan fingerprint density at radius 2 is 2.26 bits per heavy atom. The predicted octanol–water partition coefficient (Wildman–Crippen LogP) is 0.468. The molecular formula is C12H16N5OS+. The Balaban J connectivity index is 1.87. The van der Waals surface area contributed by atoms with Gasteiger partial charge in [0.05, 0.1) is 11.6 Å². The van der Waals surface area contributed by atoms with E-state index in [2.05, 4.69) is 14.5 Å². The molecule has 0 saturated heterocycles. The van der Waals surface area contributed by atoms with Crippen LogP contribution in [0.3, 0.4) is 0 Å². The molecule has 19 heavy (non-hydrogen) atoms. The van der Waals surface area contributed by atoms with Crippen LogP contribution in [0.5, 0.6) is 0 Å². The van der Waals surface area contributed by atoms with Crippen LogP contribution in [0.4, 0.5) is 0 Å². The minimum absolute atomic E-state index is 0.149. The molecule has 7 heteroatoms. The smallest absolute Gasteiger partial charge is 0.244 e. The molecule has 0 saturated carbocycles. The first kappa shape index (κ1) is 12.3. The quantitative estimate of drug-likeness (QED) is 0.706. The van der Waals surface area contributed by atoms with Gasteiger partial charge in [0.1, 0.15) is 30.3 Å². The van der Waals surface area contributed by atoms with E-state index in [0.717, 1.165) is 21.3 Å². The van der Waals surface area contributed by atoms with E-state index in [1.54, 1.807) is 11.3 Å². The van der Waals surface area contributed by atoms with Crippen LogP contribution in [0, 0.1) is 6.92 Å². The molecule has 100 valence electrons. The van der Waals surface area contributed by atoms with Crippen molar-refractivity contribution in [2.45, 2.75) is 20.0 Å². The highest BCUT2D eigenvalue weighted by molar-refractivity contribution is 7.18. The molecule has 0 bridgehead atoms. The summed E-state index contributed by atoms with van der Waals surface area (Å²) in [6.45, 7) is 3.46. The first-order valence-corrected chi connectivity index (χ1v) is 6.93. The number of nitrogens with zero attached hydrogens (tertiary/aromatic N) is 5. The molecule has 0 aliphatic carbocycles. The fourth-order valence-corrected chi connectivity index (χ4v) is 2.93. The molecule has 6 nitrogen and oxygen atoms in total. The number of fused-ring (bicyclic) bond motifs is 1. The van der Waals surface area contributed by atoms with Crippen molar-refractivity contribution in [2.24, 2.45) is 7.05 Å². The summed E-state index contributed by atoms with van der Waals surface area (Å²) in [5.41, 5.74) is 0.829. The Morgan fingerprint density at radius 1 is 1.42 bits per heavy atom. The van der Waals surface area contributed by atoms with Crippen LogP contribution in [-0.2, 0) is 20.1 Å². The van der Waals surface area contributed by atoms with Gasteiger partial charge in [0.25, 0.3) is 0 Å². The predicted molar refractivity (Wildman–Crippen MR) is 71.9 cm³/mol. The minimum atomic E-state index is 0.149. The van der Waals surface area contributed by atoms with Gasteiger partial charge in [0.15, 0.2) is 11.5 Å². The van der Waals surface area contributed by atoms with E-state index >= 15 is 0 Å². The Labute approximate surface area is 114 Å². The zero-order valence-corrected chi connectivity index (χ0v) is 11.8. The highest BCUT2D eigenvalue weighted by atomic mass is 32.1. The van der Waals surface area contributed by atoms with Gasteiger partial charge in [0.2, 0.25) is 6.33 Å². The fraction of sp³-hybridized carbons (Fsp3) is 0.417. The molecule has 0 unspecified atom stereocenters. The normalized spacial score (nSPS) is 11.5. The van der Waals surface area contributed by atoms with Crippen LogP contribution in [0.25, 0.3) is 10.5 Å². The lowest BCUT2D eigenvalue weighted by Crippen LogP contribution is -2.33. The number of hydrogen-bond donors (Lipinski definition) is 1. The van der Waals surface area contributed by atoms with Crippen molar-refractivity contribution in [3.8, 4) is 0 Å². The topological polar surface area (TPSA) is 59.8 Å². The third-order valence-corrected chi connectivity index (χ3v) is 4.09. The number of aromatic nitrogens is 5. The largest absolute Gasteiger partial charge is 0.392 e. The lowest BCUT2D eigenvalue weighted by Gasteiger charge is -1.98. The third kappa shape index (κ3) is 2.26. The maximum absolute atomic E-state index is 8.90. The number of rotatable bonds is 4. The summed E-state index contributed by atoms with van der Waals surface area (Å²) in [5, 5.41) is 9.95. The summed E-state index contributed by atoms with van der Waals surface area (Å²) in [5.74, 6) is 0.987. The standard InChI is InChI=1S/C12H16N5OS/c1-9-13-11-12(19-9)15(2)10(14-11)7-17-4-3-16(8-17)5-6-18/h3-4,8,18H,5-7H2,1-2H3/q+1. The van der Waals surface area contributed by atoms with Gasteiger partial charge in [-0.25, -0.2) is 19.1 Å². The Kier molecular flexibility index (Phi) is 3.08. The second-order valence-corrected chi connectivity index (χ2v) is 5.68. The van der Waals surface area contributed by atoms with E-state index in [1.165, 1.54) is 0 Å².